The van der Waals surface area contributed by atoms with Crippen molar-refractivity contribution in [1.82, 2.24) is 0 Å². The van der Waals surface area contributed by atoms with Gasteiger partial charge in [0.2, 0.25) is 0 Å². The Kier molecular flexibility index (Phi) is 6.46. The Balaban J connectivity index is 2.69. The van der Waals surface area contributed by atoms with Gasteiger partial charge < -0.3 is 9.47 Å². The highest BCUT2D eigenvalue weighted by atomic mass is 35.5. The van der Waals surface area contributed by atoms with E-state index in [0.29, 0.717) is 24.5 Å². The number of ether oxygens (including phenoxy) is 2. The molecule has 0 spiro atoms. The molecule has 0 amide bonds. The maximum absolute atomic E-state index is 13.3. The van der Waals surface area contributed by atoms with Crippen LogP contribution < -0.4 is 4.74 Å². The highest BCUT2D eigenvalue weighted by Gasteiger charge is 2.03. The Hall–Kier alpha value is -1.24. The molecule has 0 fully saturated rings. The molecule has 0 heterocycles. The van der Waals surface area contributed by atoms with Crippen LogP contribution in [0.1, 0.15) is 18.9 Å². The molecule has 0 bridgehead atoms. The monoisotopic (exact) mass is 256 g/mol. The fourth-order valence-corrected chi connectivity index (χ4v) is 1.19. The van der Waals surface area contributed by atoms with Crippen molar-refractivity contribution >= 4 is 11.6 Å². The second kappa shape index (κ2) is 7.94. The van der Waals surface area contributed by atoms with Crippen molar-refractivity contribution in [2.24, 2.45) is 0 Å². The molecular formula is C13H14ClFO2. The van der Waals surface area contributed by atoms with Crippen molar-refractivity contribution in [1.29, 1.82) is 0 Å². The van der Waals surface area contributed by atoms with Crippen LogP contribution in [0, 0.1) is 17.7 Å². The van der Waals surface area contributed by atoms with Gasteiger partial charge in [0.1, 0.15) is 0 Å². The first kappa shape index (κ1) is 13.8. The van der Waals surface area contributed by atoms with Crippen LogP contribution in [0.5, 0.6) is 5.75 Å². The van der Waals surface area contributed by atoms with E-state index in [-0.39, 0.29) is 12.5 Å². The lowest BCUT2D eigenvalue weighted by Crippen LogP contribution is -2.03. The Morgan fingerprint density at radius 1 is 1.41 bits per heavy atom. The summed E-state index contributed by atoms with van der Waals surface area (Å²) in [5.74, 6) is 5.97. The van der Waals surface area contributed by atoms with Gasteiger partial charge in [-0.2, -0.15) is 0 Å². The van der Waals surface area contributed by atoms with Crippen molar-refractivity contribution in [2.75, 3.05) is 19.3 Å². The van der Waals surface area contributed by atoms with E-state index in [0.717, 1.165) is 0 Å². The van der Waals surface area contributed by atoms with Crippen LogP contribution in [-0.2, 0) is 4.74 Å². The zero-order valence-electron chi connectivity index (χ0n) is 9.63. The molecule has 2 nitrogen and oxygen atoms in total. The van der Waals surface area contributed by atoms with Crippen LogP contribution in [0.25, 0.3) is 0 Å². The molecule has 0 radical (unpaired) electrons. The molecule has 1 rings (SSSR count). The van der Waals surface area contributed by atoms with E-state index in [9.17, 15) is 4.39 Å². The molecule has 0 aromatic heterocycles. The number of hydrogen-bond donors (Lipinski definition) is 0. The number of halogens is 2. The van der Waals surface area contributed by atoms with Gasteiger partial charge in [0, 0.05) is 24.5 Å². The quantitative estimate of drug-likeness (QED) is 0.349. The van der Waals surface area contributed by atoms with Gasteiger partial charge in [-0.25, -0.2) is 4.39 Å². The summed E-state index contributed by atoms with van der Waals surface area (Å²) in [6.07, 6.45) is 0.605. The highest BCUT2D eigenvalue weighted by Crippen LogP contribution is 2.18. The molecule has 0 N–H and O–H groups in total. The van der Waals surface area contributed by atoms with Crippen LogP contribution in [0.4, 0.5) is 4.39 Å². The molecule has 1 aromatic rings. The average molecular weight is 257 g/mol. The second-order valence-electron chi connectivity index (χ2n) is 3.14. The average Bonchev–Trinajstić information content (AvgIpc) is 2.33. The van der Waals surface area contributed by atoms with Crippen molar-refractivity contribution in [2.45, 2.75) is 13.3 Å². The zero-order chi connectivity index (χ0) is 12.5. The standard InChI is InChI=1S/C13H14ClFO2/c1-2-16-10-17-13-9-11(5-3-4-8-14)6-7-12(13)15/h6-7,9H,2,4,8,10H2,1H3. The predicted molar refractivity (Wildman–Crippen MR) is 65.7 cm³/mol. The summed E-state index contributed by atoms with van der Waals surface area (Å²) < 4.78 is 23.5. The molecule has 0 aliphatic rings. The summed E-state index contributed by atoms with van der Waals surface area (Å²) in [4.78, 5) is 0. The molecule has 0 saturated heterocycles. The van der Waals surface area contributed by atoms with Crippen molar-refractivity contribution in [3.05, 3.63) is 29.6 Å². The first-order valence-corrected chi connectivity index (χ1v) is 5.86. The molecular weight excluding hydrogens is 243 g/mol. The lowest BCUT2D eigenvalue weighted by molar-refractivity contribution is 0.0201. The van der Waals surface area contributed by atoms with Crippen LogP contribution in [-0.4, -0.2) is 19.3 Å². The Morgan fingerprint density at radius 3 is 2.94 bits per heavy atom. The summed E-state index contributed by atoms with van der Waals surface area (Å²) in [5, 5.41) is 0. The minimum absolute atomic E-state index is 0.0337. The van der Waals surface area contributed by atoms with E-state index < -0.39 is 5.82 Å². The van der Waals surface area contributed by atoms with E-state index in [1.807, 2.05) is 6.92 Å². The summed E-state index contributed by atoms with van der Waals surface area (Å²) in [6, 6.07) is 4.48. The van der Waals surface area contributed by atoms with Crippen molar-refractivity contribution in [3.8, 4) is 17.6 Å². The summed E-state index contributed by atoms with van der Waals surface area (Å²) in [6.45, 7) is 2.40. The maximum Gasteiger partial charge on any atom is 0.189 e. The van der Waals surface area contributed by atoms with Gasteiger partial charge >= 0.3 is 0 Å². The van der Waals surface area contributed by atoms with Gasteiger partial charge in [-0.15, -0.1) is 11.6 Å². The first-order chi connectivity index (χ1) is 8.27. The lowest BCUT2D eigenvalue weighted by Gasteiger charge is -2.06. The zero-order valence-corrected chi connectivity index (χ0v) is 10.4. The van der Waals surface area contributed by atoms with Gasteiger partial charge in [-0.3, -0.25) is 0 Å². The molecule has 0 aliphatic heterocycles. The van der Waals surface area contributed by atoms with Crippen LogP contribution >= 0.6 is 11.6 Å². The fourth-order valence-electron chi connectivity index (χ4n) is 1.09. The van der Waals surface area contributed by atoms with Gasteiger partial charge in [0.15, 0.2) is 18.4 Å². The third kappa shape index (κ3) is 5.08. The maximum atomic E-state index is 13.3. The van der Waals surface area contributed by atoms with Gasteiger partial charge in [0.25, 0.3) is 0 Å². The lowest BCUT2D eigenvalue weighted by atomic mass is 10.2. The number of hydrogen-bond acceptors (Lipinski definition) is 2. The minimum atomic E-state index is -0.424. The summed E-state index contributed by atoms with van der Waals surface area (Å²) in [7, 11) is 0. The van der Waals surface area contributed by atoms with E-state index in [2.05, 4.69) is 11.8 Å². The van der Waals surface area contributed by atoms with Crippen LogP contribution in [0.15, 0.2) is 18.2 Å². The third-order valence-electron chi connectivity index (χ3n) is 1.89. The number of benzene rings is 1. The molecule has 92 valence electrons. The molecule has 0 aliphatic carbocycles. The number of alkyl halides is 1. The van der Waals surface area contributed by atoms with Gasteiger partial charge in [-0.05, 0) is 25.1 Å². The van der Waals surface area contributed by atoms with Crippen molar-refractivity contribution < 1.29 is 13.9 Å². The largest absolute Gasteiger partial charge is 0.464 e. The Morgan fingerprint density at radius 2 is 2.24 bits per heavy atom. The molecule has 4 heteroatoms. The van der Waals surface area contributed by atoms with Crippen LogP contribution in [0.3, 0.4) is 0 Å². The normalized spacial score (nSPS) is 9.59. The summed E-state index contributed by atoms with van der Waals surface area (Å²) >= 11 is 5.51. The molecule has 17 heavy (non-hydrogen) atoms. The summed E-state index contributed by atoms with van der Waals surface area (Å²) in [5.41, 5.74) is 0.697. The Labute approximate surface area is 106 Å². The Bertz CT molecular complexity index is 410. The minimum Gasteiger partial charge on any atom is -0.464 e. The first-order valence-electron chi connectivity index (χ1n) is 5.33. The highest BCUT2D eigenvalue weighted by molar-refractivity contribution is 6.18. The smallest absolute Gasteiger partial charge is 0.189 e. The van der Waals surface area contributed by atoms with E-state index in [1.165, 1.54) is 6.07 Å². The van der Waals surface area contributed by atoms with Crippen molar-refractivity contribution in [3.63, 3.8) is 0 Å². The molecule has 1 aromatic carbocycles. The van der Waals surface area contributed by atoms with Crippen LogP contribution in [0.2, 0.25) is 0 Å². The van der Waals surface area contributed by atoms with E-state index >= 15 is 0 Å². The molecule has 0 atom stereocenters. The molecule has 0 saturated carbocycles. The number of rotatable bonds is 5. The van der Waals surface area contributed by atoms with Gasteiger partial charge in [0.05, 0.1) is 0 Å². The van der Waals surface area contributed by atoms with Gasteiger partial charge in [-0.1, -0.05) is 11.8 Å². The topological polar surface area (TPSA) is 18.5 Å². The van der Waals surface area contributed by atoms with E-state index in [4.69, 9.17) is 21.1 Å². The fraction of sp³-hybridized carbons (Fsp3) is 0.385. The second-order valence-corrected chi connectivity index (χ2v) is 3.52. The third-order valence-corrected chi connectivity index (χ3v) is 2.07. The SMILES string of the molecule is CCOCOc1cc(C#CCCCl)ccc1F. The van der Waals surface area contributed by atoms with E-state index in [1.54, 1.807) is 12.1 Å². The predicted octanol–water partition coefficient (Wildman–Crippen LogP) is 3.18. The molecule has 0 unspecified atom stereocenters.